The molecule has 3 rings (SSSR count). The Bertz CT molecular complexity index is 956. The summed E-state index contributed by atoms with van der Waals surface area (Å²) >= 11 is 6.49. The molecular formula is C25H27ClN2O2. The van der Waals surface area contributed by atoms with Gasteiger partial charge in [-0.3, -0.25) is 9.59 Å². The van der Waals surface area contributed by atoms with Gasteiger partial charge in [-0.2, -0.15) is 0 Å². The fourth-order valence-electron chi connectivity index (χ4n) is 4.03. The summed E-state index contributed by atoms with van der Waals surface area (Å²) in [4.78, 5) is 27.8. The minimum Gasteiger partial charge on any atom is -0.342 e. The highest BCUT2D eigenvalue weighted by Gasteiger charge is 2.38. The lowest BCUT2D eigenvalue weighted by Crippen LogP contribution is -2.50. The van der Waals surface area contributed by atoms with Gasteiger partial charge in [0.15, 0.2) is 0 Å². The lowest BCUT2D eigenvalue weighted by atomic mass is 9.78. The number of halogens is 1. The monoisotopic (exact) mass is 422 g/mol. The van der Waals surface area contributed by atoms with Crippen molar-refractivity contribution in [3.8, 4) is 11.8 Å². The molecule has 0 heterocycles. The van der Waals surface area contributed by atoms with Crippen molar-refractivity contribution in [3.05, 3.63) is 64.7 Å². The number of anilines is 1. The molecule has 5 heteroatoms. The van der Waals surface area contributed by atoms with Crippen molar-refractivity contribution < 1.29 is 9.59 Å². The van der Waals surface area contributed by atoms with E-state index >= 15 is 0 Å². The molecule has 156 valence electrons. The second kappa shape index (κ2) is 9.82. The predicted octanol–water partition coefficient (Wildman–Crippen LogP) is 4.88. The molecule has 2 aromatic carbocycles. The van der Waals surface area contributed by atoms with Crippen LogP contribution in [0.2, 0.25) is 5.02 Å². The van der Waals surface area contributed by atoms with Gasteiger partial charge in [0.2, 0.25) is 12.3 Å². The zero-order chi connectivity index (χ0) is 21.6. The van der Waals surface area contributed by atoms with E-state index in [-0.39, 0.29) is 5.91 Å². The normalized spacial score (nSPS) is 14.9. The van der Waals surface area contributed by atoms with Crippen LogP contribution in [0.3, 0.4) is 0 Å². The van der Waals surface area contributed by atoms with Crippen LogP contribution in [-0.2, 0) is 9.59 Å². The van der Waals surface area contributed by atoms with E-state index in [9.17, 15) is 9.59 Å². The zero-order valence-electron chi connectivity index (χ0n) is 17.5. The van der Waals surface area contributed by atoms with E-state index in [1.54, 1.807) is 30.0 Å². The van der Waals surface area contributed by atoms with Crippen LogP contribution in [0.15, 0.2) is 48.5 Å². The first-order chi connectivity index (χ1) is 14.4. The highest BCUT2D eigenvalue weighted by molar-refractivity contribution is 6.34. The summed E-state index contributed by atoms with van der Waals surface area (Å²) in [7, 11) is 3.51. The Labute approximate surface area is 183 Å². The second-order valence-electron chi connectivity index (χ2n) is 7.91. The van der Waals surface area contributed by atoms with Gasteiger partial charge in [-0.25, -0.2) is 0 Å². The summed E-state index contributed by atoms with van der Waals surface area (Å²) in [5.41, 5.74) is 1.96. The van der Waals surface area contributed by atoms with Gasteiger partial charge in [0.1, 0.15) is 0 Å². The maximum Gasteiger partial charge on any atom is 0.229 e. The third-order valence-electron chi connectivity index (χ3n) is 5.98. The van der Waals surface area contributed by atoms with Gasteiger partial charge in [-0.15, -0.1) is 0 Å². The SMILES string of the molecule is CN(C(=O)CC1(N(C)C=O)CCCCC1)c1ccc(C#Cc2ccccc2)cc1Cl. The molecule has 0 unspecified atom stereocenters. The molecule has 1 aliphatic rings. The number of rotatable bonds is 5. The number of carbonyl (C=O) groups excluding carboxylic acids is 2. The Kier molecular flexibility index (Phi) is 7.18. The minimum atomic E-state index is -0.404. The molecule has 4 nitrogen and oxygen atoms in total. The van der Waals surface area contributed by atoms with Gasteiger partial charge in [0.05, 0.1) is 22.7 Å². The van der Waals surface area contributed by atoms with E-state index in [1.165, 1.54) is 0 Å². The van der Waals surface area contributed by atoms with Crippen molar-refractivity contribution in [3.63, 3.8) is 0 Å². The fourth-order valence-corrected chi connectivity index (χ4v) is 4.34. The van der Waals surface area contributed by atoms with Crippen LogP contribution in [0.25, 0.3) is 0 Å². The topological polar surface area (TPSA) is 40.6 Å². The number of carbonyl (C=O) groups is 2. The molecule has 2 aromatic rings. The van der Waals surface area contributed by atoms with Crippen molar-refractivity contribution in [2.24, 2.45) is 0 Å². The first-order valence-electron chi connectivity index (χ1n) is 10.3. The summed E-state index contributed by atoms with van der Waals surface area (Å²) < 4.78 is 0. The van der Waals surface area contributed by atoms with E-state index in [0.29, 0.717) is 17.1 Å². The summed E-state index contributed by atoms with van der Waals surface area (Å²) in [5.74, 6) is 6.17. The summed E-state index contributed by atoms with van der Waals surface area (Å²) in [6, 6.07) is 15.2. The van der Waals surface area contributed by atoms with Gasteiger partial charge in [-0.1, -0.05) is 60.9 Å². The Morgan fingerprint density at radius 1 is 1.03 bits per heavy atom. The van der Waals surface area contributed by atoms with E-state index in [4.69, 9.17) is 11.6 Å². The Morgan fingerprint density at radius 2 is 1.70 bits per heavy atom. The van der Waals surface area contributed by atoms with E-state index in [0.717, 1.165) is 49.6 Å². The molecule has 2 amide bonds. The maximum atomic E-state index is 13.1. The molecular weight excluding hydrogens is 396 g/mol. The Balaban J connectivity index is 1.76. The van der Waals surface area contributed by atoms with Crippen molar-refractivity contribution in [1.82, 2.24) is 4.90 Å². The van der Waals surface area contributed by atoms with Gasteiger partial charge in [0.25, 0.3) is 0 Å². The standard InChI is InChI=1S/C25H27ClN2O2/c1-27(19-29)25(15-7-4-8-16-25)18-24(30)28(2)23-14-13-21(17-22(23)26)12-11-20-9-5-3-6-10-20/h3,5-6,9-10,13-14,17,19H,4,7-8,15-16,18H2,1-2H3. The lowest BCUT2D eigenvalue weighted by molar-refractivity contribution is -0.128. The molecule has 0 saturated heterocycles. The van der Waals surface area contributed by atoms with E-state index in [2.05, 4.69) is 11.8 Å². The number of hydrogen-bond acceptors (Lipinski definition) is 2. The van der Waals surface area contributed by atoms with E-state index in [1.807, 2.05) is 42.5 Å². The molecule has 0 aromatic heterocycles. The van der Waals surface area contributed by atoms with Crippen molar-refractivity contribution >= 4 is 29.6 Å². The smallest absolute Gasteiger partial charge is 0.229 e. The number of benzene rings is 2. The van der Waals surface area contributed by atoms with Crippen LogP contribution in [0.4, 0.5) is 5.69 Å². The molecule has 1 saturated carbocycles. The molecule has 0 bridgehead atoms. The van der Waals surface area contributed by atoms with Crippen molar-refractivity contribution in [2.45, 2.75) is 44.1 Å². The first kappa shape index (κ1) is 21.9. The van der Waals surface area contributed by atoms with Crippen LogP contribution in [0, 0.1) is 11.8 Å². The lowest BCUT2D eigenvalue weighted by Gasteiger charge is -2.43. The summed E-state index contributed by atoms with van der Waals surface area (Å²) in [5, 5.41) is 0.479. The fraction of sp³-hybridized carbons (Fsp3) is 0.360. The molecule has 0 N–H and O–H groups in total. The van der Waals surface area contributed by atoms with E-state index < -0.39 is 5.54 Å². The van der Waals surface area contributed by atoms with Crippen LogP contribution in [-0.4, -0.2) is 36.9 Å². The third-order valence-corrected chi connectivity index (χ3v) is 6.28. The zero-order valence-corrected chi connectivity index (χ0v) is 18.3. The third kappa shape index (κ3) is 5.04. The molecule has 1 aliphatic carbocycles. The van der Waals surface area contributed by atoms with Gasteiger partial charge in [0, 0.05) is 25.2 Å². The maximum absolute atomic E-state index is 13.1. The Hall–Kier alpha value is -2.77. The molecule has 30 heavy (non-hydrogen) atoms. The second-order valence-corrected chi connectivity index (χ2v) is 8.32. The predicted molar refractivity (Wildman–Crippen MR) is 122 cm³/mol. The molecule has 0 radical (unpaired) electrons. The number of hydrogen-bond donors (Lipinski definition) is 0. The van der Waals surface area contributed by atoms with Gasteiger partial charge >= 0.3 is 0 Å². The Morgan fingerprint density at radius 3 is 2.33 bits per heavy atom. The largest absolute Gasteiger partial charge is 0.342 e. The number of amides is 2. The van der Waals surface area contributed by atoms with Crippen LogP contribution < -0.4 is 4.90 Å². The quantitative estimate of drug-likeness (QED) is 0.508. The van der Waals surface area contributed by atoms with Crippen LogP contribution >= 0.6 is 11.6 Å². The average molecular weight is 423 g/mol. The molecule has 0 aliphatic heterocycles. The molecule has 0 atom stereocenters. The van der Waals surface area contributed by atoms with Gasteiger partial charge < -0.3 is 9.80 Å². The van der Waals surface area contributed by atoms with Crippen LogP contribution in [0.1, 0.15) is 49.7 Å². The van der Waals surface area contributed by atoms with Crippen molar-refractivity contribution in [2.75, 3.05) is 19.0 Å². The highest BCUT2D eigenvalue weighted by Crippen LogP contribution is 2.36. The first-order valence-corrected chi connectivity index (χ1v) is 10.6. The minimum absolute atomic E-state index is 0.0457. The number of nitrogens with zero attached hydrogens (tertiary/aromatic N) is 2. The molecule has 0 spiro atoms. The molecule has 1 fully saturated rings. The van der Waals surface area contributed by atoms with Gasteiger partial charge in [-0.05, 0) is 43.2 Å². The summed E-state index contributed by atoms with van der Waals surface area (Å²) in [6.45, 7) is 0. The average Bonchev–Trinajstić information content (AvgIpc) is 2.78. The highest BCUT2D eigenvalue weighted by atomic mass is 35.5. The van der Waals surface area contributed by atoms with Crippen molar-refractivity contribution in [1.29, 1.82) is 0 Å². The van der Waals surface area contributed by atoms with Crippen LogP contribution in [0.5, 0.6) is 0 Å². The summed E-state index contributed by atoms with van der Waals surface area (Å²) in [6.07, 6.45) is 6.05.